The fraction of sp³-hybridized carbons (Fsp3) is 0.214. The van der Waals surface area contributed by atoms with Gasteiger partial charge >= 0.3 is 0 Å². The van der Waals surface area contributed by atoms with Crippen molar-refractivity contribution in [3.8, 4) is 0 Å². The van der Waals surface area contributed by atoms with Gasteiger partial charge in [0, 0.05) is 31.7 Å². The first kappa shape index (κ1) is 14.1. The highest BCUT2D eigenvalue weighted by atomic mass is 32.2. The molecule has 21 heavy (non-hydrogen) atoms. The molecule has 0 saturated carbocycles. The van der Waals surface area contributed by atoms with Gasteiger partial charge in [-0.05, 0) is 24.4 Å². The number of aromatic nitrogens is 4. The Kier molecular flexibility index (Phi) is 3.94. The Morgan fingerprint density at radius 1 is 1.38 bits per heavy atom. The van der Waals surface area contributed by atoms with E-state index in [1.807, 2.05) is 42.1 Å². The van der Waals surface area contributed by atoms with Crippen molar-refractivity contribution in [2.45, 2.75) is 11.7 Å². The number of hydrogen-bond donors (Lipinski definition) is 1. The van der Waals surface area contributed by atoms with Crippen LogP contribution in [0.4, 0.5) is 0 Å². The normalized spacial score (nSPS) is 11.1. The number of aromatic amines is 1. The van der Waals surface area contributed by atoms with Crippen molar-refractivity contribution in [1.29, 1.82) is 0 Å². The smallest absolute Gasteiger partial charge is 0.262 e. The Balaban J connectivity index is 1.86. The summed E-state index contributed by atoms with van der Waals surface area (Å²) >= 11 is 6.89. The van der Waals surface area contributed by atoms with Crippen molar-refractivity contribution in [3.05, 3.63) is 51.8 Å². The average molecular weight is 318 g/mol. The van der Waals surface area contributed by atoms with Crippen LogP contribution in [0.5, 0.6) is 0 Å². The molecule has 1 aromatic carbocycles. The highest BCUT2D eigenvalue weighted by Crippen LogP contribution is 2.14. The third-order valence-electron chi connectivity index (χ3n) is 3.21. The molecular formula is C14H14N4OS2. The van der Waals surface area contributed by atoms with Crippen LogP contribution in [-0.4, -0.2) is 24.9 Å². The van der Waals surface area contributed by atoms with Crippen LogP contribution < -0.4 is 5.56 Å². The minimum Gasteiger partial charge on any atom is -0.332 e. The predicted octanol–water partition coefficient (Wildman–Crippen LogP) is 2.58. The molecule has 0 radical (unpaired) electrons. The number of thioether (sulfide) groups is 1. The first-order valence-electron chi connectivity index (χ1n) is 6.49. The molecule has 3 rings (SSSR count). The molecule has 2 aromatic heterocycles. The molecule has 108 valence electrons. The standard InChI is InChI=1S/C14H14N4OS2/c1-17-7-6-15-14(17)21-9-8-18-12(19)10-4-2-3-5-11(10)16-13(18)20/h2-7H,8-9H2,1H3,(H,16,20). The van der Waals surface area contributed by atoms with E-state index in [1.165, 1.54) is 0 Å². The second kappa shape index (κ2) is 5.87. The Morgan fingerprint density at radius 3 is 2.95 bits per heavy atom. The predicted molar refractivity (Wildman–Crippen MR) is 87.3 cm³/mol. The van der Waals surface area contributed by atoms with Gasteiger partial charge in [0.15, 0.2) is 9.93 Å². The zero-order valence-electron chi connectivity index (χ0n) is 11.4. The van der Waals surface area contributed by atoms with Gasteiger partial charge in [0.1, 0.15) is 0 Å². The van der Waals surface area contributed by atoms with Crippen LogP contribution in [0.25, 0.3) is 10.9 Å². The molecule has 0 fully saturated rings. The van der Waals surface area contributed by atoms with Gasteiger partial charge in [-0.2, -0.15) is 0 Å². The van der Waals surface area contributed by atoms with E-state index in [1.54, 1.807) is 22.5 Å². The Hall–Kier alpha value is -1.86. The third kappa shape index (κ3) is 2.79. The maximum absolute atomic E-state index is 12.5. The summed E-state index contributed by atoms with van der Waals surface area (Å²) in [6.45, 7) is 0.552. The summed E-state index contributed by atoms with van der Waals surface area (Å²) in [6, 6.07) is 7.41. The molecule has 0 aliphatic rings. The molecule has 0 atom stereocenters. The van der Waals surface area contributed by atoms with Crippen molar-refractivity contribution >= 4 is 34.9 Å². The fourth-order valence-corrected chi connectivity index (χ4v) is 3.26. The van der Waals surface area contributed by atoms with Crippen LogP contribution in [0.15, 0.2) is 46.6 Å². The van der Waals surface area contributed by atoms with Gasteiger partial charge < -0.3 is 9.55 Å². The Bertz CT molecular complexity index is 894. The Labute approximate surface area is 130 Å². The second-order valence-corrected chi connectivity index (χ2v) is 6.05. The zero-order valence-corrected chi connectivity index (χ0v) is 13.1. The highest BCUT2D eigenvalue weighted by molar-refractivity contribution is 7.99. The van der Waals surface area contributed by atoms with Crippen molar-refractivity contribution in [2.75, 3.05) is 5.75 Å². The number of aryl methyl sites for hydroxylation is 1. The molecule has 3 aromatic rings. The number of imidazole rings is 1. The summed E-state index contributed by atoms with van der Waals surface area (Å²) in [5.41, 5.74) is 0.732. The topological polar surface area (TPSA) is 55.6 Å². The Morgan fingerprint density at radius 2 is 2.19 bits per heavy atom. The number of nitrogens with one attached hydrogen (secondary N) is 1. The number of nitrogens with zero attached hydrogens (tertiary/aromatic N) is 3. The van der Waals surface area contributed by atoms with Crippen molar-refractivity contribution in [3.63, 3.8) is 0 Å². The van der Waals surface area contributed by atoms with E-state index in [4.69, 9.17) is 12.2 Å². The molecule has 0 bridgehead atoms. The van der Waals surface area contributed by atoms with Gasteiger partial charge in [0.25, 0.3) is 5.56 Å². The van der Waals surface area contributed by atoms with E-state index in [-0.39, 0.29) is 5.56 Å². The van der Waals surface area contributed by atoms with E-state index >= 15 is 0 Å². The molecule has 0 aliphatic carbocycles. The fourth-order valence-electron chi connectivity index (χ4n) is 2.12. The van der Waals surface area contributed by atoms with E-state index in [0.29, 0.717) is 16.7 Å². The minimum absolute atomic E-state index is 0.0465. The van der Waals surface area contributed by atoms with Crippen LogP contribution in [0.2, 0.25) is 0 Å². The number of rotatable bonds is 4. The van der Waals surface area contributed by atoms with Crippen LogP contribution in [0, 0.1) is 4.77 Å². The third-order valence-corrected chi connectivity index (χ3v) is 4.57. The number of H-pyrrole nitrogens is 1. The number of hydrogen-bond acceptors (Lipinski definition) is 4. The number of benzene rings is 1. The largest absolute Gasteiger partial charge is 0.332 e. The first-order chi connectivity index (χ1) is 10.2. The summed E-state index contributed by atoms with van der Waals surface area (Å²) in [6.07, 6.45) is 3.66. The quantitative estimate of drug-likeness (QED) is 0.593. The molecule has 5 nitrogen and oxygen atoms in total. The average Bonchev–Trinajstić information content (AvgIpc) is 2.88. The molecule has 0 aliphatic heterocycles. The monoisotopic (exact) mass is 318 g/mol. The molecule has 0 amide bonds. The lowest BCUT2D eigenvalue weighted by atomic mass is 10.2. The lowest BCUT2D eigenvalue weighted by molar-refractivity contribution is 0.708. The lowest BCUT2D eigenvalue weighted by Gasteiger charge is -2.07. The van der Waals surface area contributed by atoms with Crippen molar-refractivity contribution < 1.29 is 0 Å². The zero-order chi connectivity index (χ0) is 14.8. The van der Waals surface area contributed by atoms with Gasteiger partial charge in [-0.1, -0.05) is 23.9 Å². The summed E-state index contributed by atoms with van der Waals surface area (Å²) in [5, 5.41) is 1.59. The van der Waals surface area contributed by atoms with E-state index in [2.05, 4.69) is 9.97 Å². The van der Waals surface area contributed by atoms with E-state index < -0.39 is 0 Å². The van der Waals surface area contributed by atoms with Crippen LogP contribution in [-0.2, 0) is 13.6 Å². The summed E-state index contributed by atoms with van der Waals surface area (Å²) < 4.78 is 4.02. The van der Waals surface area contributed by atoms with Crippen LogP contribution >= 0.6 is 24.0 Å². The minimum atomic E-state index is -0.0465. The maximum atomic E-state index is 12.5. The summed E-state index contributed by atoms with van der Waals surface area (Å²) in [4.78, 5) is 19.8. The van der Waals surface area contributed by atoms with Gasteiger partial charge in [-0.25, -0.2) is 4.98 Å². The van der Waals surface area contributed by atoms with E-state index in [0.717, 1.165) is 16.4 Å². The molecular weight excluding hydrogens is 304 g/mol. The second-order valence-electron chi connectivity index (χ2n) is 4.60. The highest BCUT2D eigenvalue weighted by Gasteiger charge is 2.06. The van der Waals surface area contributed by atoms with E-state index in [9.17, 15) is 4.79 Å². The molecule has 0 spiro atoms. The summed E-state index contributed by atoms with van der Waals surface area (Å²) in [7, 11) is 1.95. The van der Waals surface area contributed by atoms with Crippen LogP contribution in [0.1, 0.15) is 0 Å². The molecule has 2 heterocycles. The van der Waals surface area contributed by atoms with Crippen molar-refractivity contribution in [1.82, 2.24) is 19.1 Å². The van der Waals surface area contributed by atoms with Gasteiger partial charge in [-0.15, -0.1) is 0 Å². The molecule has 0 unspecified atom stereocenters. The van der Waals surface area contributed by atoms with Gasteiger partial charge in [0.05, 0.1) is 10.9 Å². The maximum Gasteiger partial charge on any atom is 0.262 e. The lowest BCUT2D eigenvalue weighted by Crippen LogP contribution is -2.23. The van der Waals surface area contributed by atoms with Gasteiger partial charge in [-0.3, -0.25) is 9.36 Å². The van der Waals surface area contributed by atoms with Gasteiger partial charge in [0.2, 0.25) is 0 Å². The molecule has 7 heteroatoms. The molecule has 0 saturated heterocycles. The first-order valence-corrected chi connectivity index (χ1v) is 7.88. The SMILES string of the molecule is Cn1ccnc1SCCn1c(=S)[nH]c2ccccc2c1=O. The van der Waals surface area contributed by atoms with Crippen molar-refractivity contribution in [2.24, 2.45) is 7.05 Å². The summed E-state index contributed by atoms with van der Waals surface area (Å²) in [5.74, 6) is 0.737. The number of para-hydroxylation sites is 1. The number of fused-ring (bicyclic) bond motifs is 1. The van der Waals surface area contributed by atoms with Crippen LogP contribution in [0.3, 0.4) is 0 Å². The molecule has 1 N–H and O–H groups in total.